The average Bonchev–Trinajstić information content (AvgIpc) is 2.11. The van der Waals surface area contributed by atoms with Gasteiger partial charge in [-0.3, -0.25) is 0 Å². The predicted octanol–water partition coefficient (Wildman–Crippen LogP) is 2.31. The lowest BCUT2D eigenvalue weighted by molar-refractivity contribution is 0.227. The molecular formula is C9H11BrFNO. The van der Waals surface area contributed by atoms with E-state index in [4.69, 9.17) is 10.5 Å². The van der Waals surface area contributed by atoms with Crippen LogP contribution in [0.4, 0.5) is 4.39 Å². The normalized spacial score (nSPS) is 12.6. The number of halogens is 2. The highest BCUT2D eigenvalue weighted by atomic mass is 79.9. The van der Waals surface area contributed by atoms with Gasteiger partial charge in [-0.15, -0.1) is 0 Å². The highest BCUT2D eigenvalue weighted by Crippen LogP contribution is 2.26. The first-order valence-electron chi connectivity index (χ1n) is 3.95. The Hall–Kier alpha value is -0.610. The molecule has 2 N–H and O–H groups in total. The number of ether oxygens (including phenoxy) is 1. The van der Waals surface area contributed by atoms with Crippen LogP contribution >= 0.6 is 15.9 Å². The average molecular weight is 248 g/mol. The molecule has 0 saturated carbocycles. The molecule has 0 aromatic heterocycles. The fourth-order valence-electron chi connectivity index (χ4n) is 0.832. The highest BCUT2D eigenvalue weighted by Gasteiger charge is 2.06. The van der Waals surface area contributed by atoms with E-state index < -0.39 is 0 Å². The molecule has 0 amide bonds. The Morgan fingerprint density at radius 1 is 1.62 bits per heavy atom. The molecule has 0 bridgehead atoms. The molecule has 0 aliphatic rings. The minimum atomic E-state index is -0.317. The van der Waals surface area contributed by atoms with Crippen LogP contribution in [0.25, 0.3) is 0 Å². The predicted molar refractivity (Wildman–Crippen MR) is 53.2 cm³/mol. The molecule has 0 aliphatic carbocycles. The van der Waals surface area contributed by atoms with Gasteiger partial charge in [0.05, 0.1) is 4.47 Å². The Morgan fingerprint density at radius 3 is 2.92 bits per heavy atom. The Kier molecular flexibility index (Phi) is 3.69. The van der Waals surface area contributed by atoms with Crippen molar-refractivity contribution in [3.63, 3.8) is 0 Å². The summed E-state index contributed by atoms with van der Waals surface area (Å²) < 4.78 is 18.9. The zero-order chi connectivity index (χ0) is 9.84. The van der Waals surface area contributed by atoms with Crippen LogP contribution in [0.5, 0.6) is 5.75 Å². The van der Waals surface area contributed by atoms with E-state index in [1.807, 2.05) is 6.92 Å². The Morgan fingerprint density at radius 2 is 2.31 bits per heavy atom. The summed E-state index contributed by atoms with van der Waals surface area (Å²) in [6.45, 7) is 2.24. The first kappa shape index (κ1) is 10.5. The molecule has 72 valence electrons. The third-order valence-corrected chi connectivity index (χ3v) is 2.21. The molecule has 1 unspecified atom stereocenters. The Balaban J connectivity index is 2.81. The maximum atomic E-state index is 12.8. The van der Waals surface area contributed by atoms with Crippen molar-refractivity contribution < 1.29 is 9.13 Å². The van der Waals surface area contributed by atoms with Crippen molar-refractivity contribution >= 4 is 15.9 Å². The second-order valence-electron chi connectivity index (χ2n) is 2.74. The summed E-state index contributed by atoms with van der Waals surface area (Å²) in [6, 6.07) is 4.30. The van der Waals surface area contributed by atoms with Gasteiger partial charge in [0.25, 0.3) is 0 Å². The van der Waals surface area contributed by atoms with Gasteiger partial charge in [0.1, 0.15) is 17.7 Å². The number of benzene rings is 1. The van der Waals surface area contributed by atoms with Gasteiger partial charge in [0.2, 0.25) is 0 Å². The van der Waals surface area contributed by atoms with Crippen molar-refractivity contribution in [2.75, 3.05) is 6.54 Å². The maximum absolute atomic E-state index is 12.8. The molecule has 0 heterocycles. The van der Waals surface area contributed by atoms with Crippen LogP contribution in [0.1, 0.15) is 6.92 Å². The minimum absolute atomic E-state index is 0.113. The molecule has 2 nitrogen and oxygen atoms in total. The second-order valence-corrected chi connectivity index (χ2v) is 3.59. The van der Waals surface area contributed by atoms with Crippen molar-refractivity contribution in [3.8, 4) is 5.75 Å². The van der Waals surface area contributed by atoms with Crippen LogP contribution in [-0.4, -0.2) is 12.6 Å². The highest BCUT2D eigenvalue weighted by molar-refractivity contribution is 9.10. The first-order valence-corrected chi connectivity index (χ1v) is 4.74. The van der Waals surface area contributed by atoms with Crippen LogP contribution in [0.15, 0.2) is 22.7 Å². The summed E-state index contributed by atoms with van der Waals surface area (Å²) in [5.41, 5.74) is 5.37. The monoisotopic (exact) mass is 247 g/mol. The standard InChI is InChI=1S/C9H11BrFNO/c1-6(5-12)13-9-4-7(11)2-3-8(9)10/h2-4,6H,5,12H2,1H3. The van der Waals surface area contributed by atoms with E-state index in [9.17, 15) is 4.39 Å². The molecular weight excluding hydrogens is 237 g/mol. The summed E-state index contributed by atoms with van der Waals surface area (Å²) >= 11 is 3.26. The van der Waals surface area contributed by atoms with Crippen LogP contribution in [0.3, 0.4) is 0 Å². The maximum Gasteiger partial charge on any atom is 0.136 e. The third kappa shape index (κ3) is 2.97. The minimum Gasteiger partial charge on any atom is -0.488 e. The van der Waals surface area contributed by atoms with E-state index in [0.29, 0.717) is 12.3 Å². The smallest absolute Gasteiger partial charge is 0.136 e. The van der Waals surface area contributed by atoms with E-state index >= 15 is 0 Å². The van der Waals surface area contributed by atoms with Gasteiger partial charge in [0, 0.05) is 12.6 Å². The van der Waals surface area contributed by atoms with E-state index in [1.54, 1.807) is 6.07 Å². The summed E-state index contributed by atoms with van der Waals surface area (Å²) in [4.78, 5) is 0. The third-order valence-electron chi connectivity index (χ3n) is 1.55. The summed E-state index contributed by atoms with van der Waals surface area (Å²) in [5.74, 6) is 0.167. The number of hydrogen-bond acceptors (Lipinski definition) is 2. The lowest BCUT2D eigenvalue weighted by Crippen LogP contribution is -2.22. The van der Waals surface area contributed by atoms with Crippen molar-refractivity contribution in [2.24, 2.45) is 5.73 Å². The van der Waals surface area contributed by atoms with Gasteiger partial charge in [-0.1, -0.05) is 0 Å². The molecule has 0 fully saturated rings. The van der Waals surface area contributed by atoms with E-state index in [1.165, 1.54) is 12.1 Å². The first-order chi connectivity index (χ1) is 6.13. The van der Waals surface area contributed by atoms with Gasteiger partial charge in [-0.25, -0.2) is 4.39 Å². The molecule has 0 saturated heterocycles. The van der Waals surface area contributed by atoms with E-state index in [2.05, 4.69) is 15.9 Å². The molecule has 1 aromatic rings. The van der Waals surface area contributed by atoms with Crippen molar-refractivity contribution in [3.05, 3.63) is 28.5 Å². The Labute approximate surface area is 85.0 Å². The summed E-state index contributed by atoms with van der Waals surface area (Å²) in [7, 11) is 0. The number of nitrogens with two attached hydrogens (primary N) is 1. The van der Waals surface area contributed by atoms with Gasteiger partial charge in [-0.05, 0) is 35.0 Å². The zero-order valence-electron chi connectivity index (χ0n) is 7.26. The number of hydrogen-bond donors (Lipinski definition) is 1. The Bertz CT molecular complexity index is 293. The van der Waals surface area contributed by atoms with Crippen molar-refractivity contribution in [2.45, 2.75) is 13.0 Å². The zero-order valence-corrected chi connectivity index (χ0v) is 8.84. The van der Waals surface area contributed by atoms with Crippen molar-refractivity contribution in [1.82, 2.24) is 0 Å². The fourth-order valence-corrected chi connectivity index (χ4v) is 1.17. The summed E-state index contributed by atoms with van der Waals surface area (Å²) in [5, 5.41) is 0. The fraction of sp³-hybridized carbons (Fsp3) is 0.333. The van der Waals surface area contributed by atoms with E-state index in [-0.39, 0.29) is 11.9 Å². The van der Waals surface area contributed by atoms with Gasteiger partial charge in [0.15, 0.2) is 0 Å². The second kappa shape index (κ2) is 4.58. The van der Waals surface area contributed by atoms with Gasteiger partial charge < -0.3 is 10.5 Å². The van der Waals surface area contributed by atoms with Crippen LogP contribution in [-0.2, 0) is 0 Å². The van der Waals surface area contributed by atoms with Crippen LogP contribution in [0.2, 0.25) is 0 Å². The molecule has 4 heteroatoms. The van der Waals surface area contributed by atoms with Crippen LogP contribution in [0, 0.1) is 5.82 Å². The molecule has 1 aromatic carbocycles. The van der Waals surface area contributed by atoms with Gasteiger partial charge >= 0.3 is 0 Å². The molecule has 0 spiro atoms. The van der Waals surface area contributed by atoms with Crippen LogP contribution < -0.4 is 10.5 Å². The quantitative estimate of drug-likeness (QED) is 0.890. The molecule has 1 rings (SSSR count). The van der Waals surface area contributed by atoms with Crippen molar-refractivity contribution in [1.29, 1.82) is 0 Å². The van der Waals surface area contributed by atoms with Gasteiger partial charge in [-0.2, -0.15) is 0 Å². The molecule has 0 radical (unpaired) electrons. The lowest BCUT2D eigenvalue weighted by Gasteiger charge is -2.13. The lowest BCUT2D eigenvalue weighted by atomic mass is 10.3. The summed E-state index contributed by atoms with van der Waals surface area (Å²) in [6.07, 6.45) is -0.113. The topological polar surface area (TPSA) is 35.2 Å². The largest absolute Gasteiger partial charge is 0.488 e. The molecule has 1 atom stereocenters. The SMILES string of the molecule is CC(CN)Oc1cc(F)ccc1Br. The number of rotatable bonds is 3. The molecule has 13 heavy (non-hydrogen) atoms. The van der Waals surface area contributed by atoms with E-state index in [0.717, 1.165) is 4.47 Å². The molecule has 0 aliphatic heterocycles.